The van der Waals surface area contributed by atoms with Crippen molar-refractivity contribution in [3.63, 3.8) is 0 Å². The van der Waals surface area contributed by atoms with Crippen LogP contribution in [0.1, 0.15) is 51.7 Å². The maximum Gasteiger partial charge on any atom is 0.419 e. The molecule has 0 saturated heterocycles. The Balaban J connectivity index is 2.51. The maximum atomic E-state index is 13.1. The molecule has 1 atom stereocenters. The standard InChI is InChI=1S/C22H27F3O2/c1-6-21(7-2,27-14-20(5,26)22(23,24)25)19-10-8-9-17-13-16(15(3)4)11-12-18(17)19/h8-13,26H,3,6-7,14H2,1-2,4-5H3. The normalized spacial score (nSPS) is 15.0. The van der Waals surface area contributed by atoms with Gasteiger partial charge >= 0.3 is 6.18 Å². The van der Waals surface area contributed by atoms with Gasteiger partial charge in [-0.1, -0.05) is 56.3 Å². The molecule has 2 aromatic carbocycles. The predicted octanol–water partition coefficient (Wildman–Crippen LogP) is 6.22. The molecule has 148 valence electrons. The highest BCUT2D eigenvalue weighted by molar-refractivity contribution is 5.89. The van der Waals surface area contributed by atoms with Gasteiger partial charge in [0.1, 0.15) is 0 Å². The van der Waals surface area contributed by atoms with Crippen molar-refractivity contribution < 1.29 is 23.0 Å². The van der Waals surface area contributed by atoms with E-state index < -0.39 is 24.0 Å². The largest absolute Gasteiger partial charge is 0.419 e. The average Bonchev–Trinajstić information content (AvgIpc) is 2.61. The van der Waals surface area contributed by atoms with Gasteiger partial charge in [0.2, 0.25) is 0 Å². The predicted molar refractivity (Wildman–Crippen MR) is 104 cm³/mol. The Bertz CT molecular complexity index is 818. The molecule has 0 aliphatic heterocycles. The Kier molecular flexibility index (Phi) is 6.07. The summed E-state index contributed by atoms with van der Waals surface area (Å²) in [6.45, 7) is 9.57. The van der Waals surface area contributed by atoms with Crippen LogP contribution in [0.3, 0.4) is 0 Å². The molecule has 0 aliphatic carbocycles. The van der Waals surface area contributed by atoms with Crippen LogP contribution in [0.2, 0.25) is 0 Å². The molecular formula is C22H27F3O2. The Morgan fingerprint density at radius 2 is 1.74 bits per heavy atom. The molecule has 1 N–H and O–H groups in total. The summed E-state index contributed by atoms with van der Waals surface area (Å²) in [6, 6.07) is 11.7. The first-order valence-corrected chi connectivity index (χ1v) is 9.09. The third kappa shape index (κ3) is 4.19. The van der Waals surface area contributed by atoms with E-state index in [1.165, 1.54) is 0 Å². The van der Waals surface area contributed by atoms with Gasteiger partial charge in [-0.3, -0.25) is 0 Å². The van der Waals surface area contributed by atoms with E-state index in [1.54, 1.807) is 0 Å². The van der Waals surface area contributed by atoms with E-state index in [2.05, 4.69) is 6.58 Å². The fourth-order valence-electron chi connectivity index (χ4n) is 3.22. The van der Waals surface area contributed by atoms with Gasteiger partial charge in [-0.15, -0.1) is 0 Å². The molecule has 0 spiro atoms. The number of ether oxygens (including phenoxy) is 1. The van der Waals surface area contributed by atoms with Crippen LogP contribution in [0.5, 0.6) is 0 Å². The van der Waals surface area contributed by atoms with Crippen molar-refractivity contribution in [2.24, 2.45) is 0 Å². The van der Waals surface area contributed by atoms with Crippen LogP contribution in [0.15, 0.2) is 43.0 Å². The van der Waals surface area contributed by atoms with E-state index in [-0.39, 0.29) is 0 Å². The smallest absolute Gasteiger partial charge is 0.379 e. The molecule has 0 heterocycles. The molecule has 0 fully saturated rings. The summed E-state index contributed by atoms with van der Waals surface area (Å²) in [7, 11) is 0. The van der Waals surface area contributed by atoms with Gasteiger partial charge in [0.15, 0.2) is 5.60 Å². The van der Waals surface area contributed by atoms with Gasteiger partial charge in [0, 0.05) is 0 Å². The van der Waals surface area contributed by atoms with Gasteiger partial charge in [0.05, 0.1) is 12.2 Å². The molecular weight excluding hydrogens is 353 g/mol. The number of allylic oxidation sites excluding steroid dienone is 1. The monoisotopic (exact) mass is 380 g/mol. The molecule has 0 saturated carbocycles. The number of fused-ring (bicyclic) bond motifs is 1. The van der Waals surface area contributed by atoms with Gasteiger partial charge < -0.3 is 9.84 Å². The average molecular weight is 380 g/mol. The molecule has 2 rings (SSSR count). The first kappa shape index (κ1) is 21.5. The minimum atomic E-state index is -4.75. The first-order valence-electron chi connectivity index (χ1n) is 9.09. The zero-order chi connectivity index (χ0) is 20.5. The third-order valence-corrected chi connectivity index (χ3v) is 5.25. The lowest BCUT2D eigenvalue weighted by molar-refractivity contribution is -0.278. The highest BCUT2D eigenvalue weighted by Crippen LogP contribution is 2.40. The minimum Gasteiger partial charge on any atom is -0.379 e. The van der Waals surface area contributed by atoms with Crippen molar-refractivity contribution in [1.82, 2.24) is 0 Å². The van der Waals surface area contributed by atoms with Crippen molar-refractivity contribution in [3.8, 4) is 0 Å². The summed E-state index contributed by atoms with van der Waals surface area (Å²) in [5.41, 5.74) is -1.03. The van der Waals surface area contributed by atoms with E-state index in [1.807, 2.05) is 57.2 Å². The van der Waals surface area contributed by atoms with Crippen LogP contribution < -0.4 is 0 Å². The third-order valence-electron chi connectivity index (χ3n) is 5.25. The van der Waals surface area contributed by atoms with Crippen molar-refractivity contribution in [2.45, 2.75) is 57.9 Å². The van der Waals surface area contributed by atoms with E-state index in [9.17, 15) is 18.3 Å². The maximum absolute atomic E-state index is 13.1. The summed E-state index contributed by atoms with van der Waals surface area (Å²) in [6.07, 6.45) is -3.78. The van der Waals surface area contributed by atoms with E-state index in [0.29, 0.717) is 12.8 Å². The summed E-state index contributed by atoms with van der Waals surface area (Å²) in [5.74, 6) is 0. The summed E-state index contributed by atoms with van der Waals surface area (Å²) in [4.78, 5) is 0. The molecule has 0 amide bonds. The van der Waals surface area contributed by atoms with Crippen molar-refractivity contribution in [3.05, 3.63) is 54.1 Å². The molecule has 0 radical (unpaired) electrons. The van der Waals surface area contributed by atoms with Gasteiger partial charge in [-0.05, 0) is 54.7 Å². The Labute approximate surface area is 158 Å². The lowest BCUT2D eigenvalue weighted by atomic mass is 9.84. The summed E-state index contributed by atoms with van der Waals surface area (Å²) in [5, 5.41) is 11.7. The molecule has 2 aromatic rings. The van der Waals surface area contributed by atoms with Crippen LogP contribution in [-0.2, 0) is 10.3 Å². The number of halogens is 3. The minimum absolute atomic E-state index is 0.485. The van der Waals surface area contributed by atoms with Gasteiger partial charge in [-0.2, -0.15) is 13.2 Å². The molecule has 27 heavy (non-hydrogen) atoms. The molecule has 0 bridgehead atoms. The zero-order valence-corrected chi connectivity index (χ0v) is 16.3. The Morgan fingerprint density at radius 1 is 1.11 bits per heavy atom. The fraction of sp³-hybridized carbons (Fsp3) is 0.455. The lowest BCUT2D eigenvalue weighted by Crippen LogP contribution is -2.48. The number of hydrogen-bond donors (Lipinski definition) is 1. The van der Waals surface area contributed by atoms with Crippen LogP contribution in [0.4, 0.5) is 13.2 Å². The highest BCUT2D eigenvalue weighted by atomic mass is 19.4. The second-order valence-electron chi connectivity index (χ2n) is 7.28. The van der Waals surface area contributed by atoms with Crippen LogP contribution in [0.25, 0.3) is 16.3 Å². The van der Waals surface area contributed by atoms with E-state index >= 15 is 0 Å². The van der Waals surface area contributed by atoms with Crippen LogP contribution >= 0.6 is 0 Å². The Morgan fingerprint density at radius 3 is 2.26 bits per heavy atom. The summed E-state index contributed by atoms with van der Waals surface area (Å²) >= 11 is 0. The van der Waals surface area contributed by atoms with Gasteiger partial charge in [-0.25, -0.2) is 0 Å². The molecule has 0 aliphatic rings. The Hall–Kier alpha value is -1.85. The van der Waals surface area contributed by atoms with Crippen molar-refractivity contribution in [1.29, 1.82) is 0 Å². The SMILES string of the molecule is C=C(C)c1ccc2c(C(CC)(CC)OCC(C)(O)C(F)(F)F)cccc2c1. The second kappa shape index (κ2) is 7.64. The van der Waals surface area contributed by atoms with E-state index in [4.69, 9.17) is 4.74 Å². The highest BCUT2D eigenvalue weighted by Gasteiger charge is 2.51. The lowest BCUT2D eigenvalue weighted by Gasteiger charge is -2.37. The first-order chi connectivity index (χ1) is 12.5. The molecule has 2 nitrogen and oxygen atoms in total. The van der Waals surface area contributed by atoms with Gasteiger partial charge in [0.25, 0.3) is 0 Å². The number of alkyl halides is 3. The molecule has 0 aromatic heterocycles. The van der Waals surface area contributed by atoms with Crippen LogP contribution in [-0.4, -0.2) is 23.5 Å². The van der Waals surface area contributed by atoms with Crippen molar-refractivity contribution in [2.75, 3.05) is 6.61 Å². The molecule has 5 heteroatoms. The second-order valence-corrected chi connectivity index (χ2v) is 7.28. The number of hydrogen-bond acceptors (Lipinski definition) is 2. The zero-order valence-electron chi connectivity index (χ0n) is 16.3. The van der Waals surface area contributed by atoms with Crippen molar-refractivity contribution >= 4 is 16.3 Å². The number of aliphatic hydroxyl groups is 1. The number of rotatable bonds is 7. The summed E-state index contributed by atoms with van der Waals surface area (Å²) < 4.78 is 45.0. The fourth-order valence-corrected chi connectivity index (χ4v) is 3.22. The number of benzene rings is 2. The topological polar surface area (TPSA) is 29.5 Å². The van der Waals surface area contributed by atoms with E-state index in [0.717, 1.165) is 34.4 Å². The quantitative estimate of drug-likeness (QED) is 0.618. The van der Waals surface area contributed by atoms with Crippen LogP contribution in [0, 0.1) is 0 Å². The molecule has 1 unspecified atom stereocenters.